The van der Waals surface area contributed by atoms with Crippen LogP contribution in [0, 0.1) is 5.92 Å². The minimum Gasteiger partial charge on any atom is -0.478 e. The topological polar surface area (TPSA) is 55.1 Å². The molecule has 0 saturated heterocycles. The molecule has 0 aliphatic rings. The molecule has 0 atom stereocenters. The lowest BCUT2D eigenvalue weighted by molar-refractivity contribution is -0.131. The zero-order valence-corrected chi connectivity index (χ0v) is 8.34. The van der Waals surface area contributed by atoms with Crippen molar-refractivity contribution in [1.29, 1.82) is 0 Å². The molecule has 0 amide bonds. The summed E-state index contributed by atoms with van der Waals surface area (Å²) >= 11 is 0. The average Bonchev–Trinajstić information content (AvgIpc) is 2.47. The first-order chi connectivity index (χ1) is 6.58. The second kappa shape index (κ2) is 4.60. The van der Waals surface area contributed by atoms with Gasteiger partial charge in [-0.1, -0.05) is 13.8 Å². The maximum absolute atomic E-state index is 10.2. The molecule has 0 aliphatic carbocycles. The summed E-state index contributed by atoms with van der Waals surface area (Å²) in [6, 6.07) is 0. The Labute approximate surface area is 82.9 Å². The average molecular weight is 194 g/mol. The number of aromatic nitrogens is 2. The van der Waals surface area contributed by atoms with Crippen molar-refractivity contribution in [1.82, 2.24) is 9.78 Å². The number of rotatable bonds is 4. The van der Waals surface area contributed by atoms with E-state index in [-0.39, 0.29) is 0 Å². The standard InChI is InChI=1S/C10H14N2O2/c1-8(2)6-12-7-9(5-11-12)3-4-10(13)14/h3-5,7-8H,6H2,1-2H3,(H,13,14)/b4-3+. The minimum absolute atomic E-state index is 0.534. The lowest BCUT2D eigenvalue weighted by Gasteiger charge is -2.02. The molecule has 14 heavy (non-hydrogen) atoms. The van der Waals surface area contributed by atoms with E-state index in [1.165, 1.54) is 6.08 Å². The normalized spacial score (nSPS) is 11.4. The molecule has 0 spiro atoms. The van der Waals surface area contributed by atoms with Gasteiger partial charge in [0.2, 0.25) is 0 Å². The summed E-state index contributed by atoms with van der Waals surface area (Å²) in [6.45, 7) is 5.06. The number of nitrogens with zero attached hydrogens (tertiary/aromatic N) is 2. The van der Waals surface area contributed by atoms with Gasteiger partial charge in [-0.2, -0.15) is 5.10 Å². The van der Waals surface area contributed by atoms with Gasteiger partial charge in [-0.25, -0.2) is 4.79 Å². The van der Waals surface area contributed by atoms with Crippen LogP contribution in [-0.2, 0) is 11.3 Å². The maximum Gasteiger partial charge on any atom is 0.328 e. The quantitative estimate of drug-likeness (QED) is 0.741. The predicted molar refractivity (Wildman–Crippen MR) is 53.7 cm³/mol. The molecular weight excluding hydrogens is 180 g/mol. The Hall–Kier alpha value is -1.58. The monoisotopic (exact) mass is 194 g/mol. The van der Waals surface area contributed by atoms with E-state index in [1.54, 1.807) is 6.20 Å². The smallest absolute Gasteiger partial charge is 0.328 e. The fourth-order valence-electron chi connectivity index (χ4n) is 1.11. The Bertz CT molecular complexity index is 340. The van der Waals surface area contributed by atoms with Gasteiger partial charge in [0, 0.05) is 24.4 Å². The van der Waals surface area contributed by atoms with E-state index in [2.05, 4.69) is 18.9 Å². The van der Waals surface area contributed by atoms with Crippen LogP contribution < -0.4 is 0 Å². The van der Waals surface area contributed by atoms with Crippen LogP contribution in [0.1, 0.15) is 19.4 Å². The van der Waals surface area contributed by atoms with Crippen LogP contribution in [-0.4, -0.2) is 20.9 Å². The number of hydrogen-bond acceptors (Lipinski definition) is 2. The van der Waals surface area contributed by atoms with Crippen molar-refractivity contribution in [3.05, 3.63) is 24.0 Å². The molecule has 1 aromatic rings. The molecule has 4 nitrogen and oxygen atoms in total. The third-order valence-corrected chi connectivity index (χ3v) is 1.62. The Balaban J connectivity index is 2.63. The van der Waals surface area contributed by atoms with Gasteiger partial charge in [0.25, 0.3) is 0 Å². The zero-order chi connectivity index (χ0) is 10.6. The fourth-order valence-corrected chi connectivity index (χ4v) is 1.11. The van der Waals surface area contributed by atoms with Crippen molar-refractivity contribution in [3.8, 4) is 0 Å². The summed E-state index contributed by atoms with van der Waals surface area (Å²) in [6.07, 6.45) is 6.13. The summed E-state index contributed by atoms with van der Waals surface area (Å²) in [4.78, 5) is 10.2. The van der Waals surface area contributed by atoms with Crippen LogP contribution in [0.5, 0.6) is 0 Å². The SMILES string of the molecule is CC(C)Cn1cc(/C=C/C(=O)O)cn1. The molecule has 0 radical (unpaired) electrons. The highest BCUT2D eigenvalue weighted by molar-refractivity contribution is 5.85. The molecule has 0 aliphatic heterocycles. The summed E-state index contributed by atoms with van der Waals surface area (Å²) in [7, 11) is 0. The first kappa shape index (κ1) is 10.5. The lowest BCUT2D eigenvalue weighted by atomic mass is 10.2. The molecule has 0 fully saturated rings. The molecule has 1 rings (SSSR count). The molecule has 76 valence electrons. The van der Waals surface area contributed by atoms with Gasteiger partial charge in [0.05, 0.1) is 6.20 Å². The van der Waals surface area contributed by atoms with Crippen LogP contribution in [0.4, 0.5) is 0 Å². The molecular formula is C10H14N2O2. The van der Waals surface area contributed by atoms with Crippen LogP contribution in [0.15, 0.2) is 18.5 Å². The van der Waals surface area contributed by atoms with Gasteiger partial charge in [-0.05, 0) is 12.0 Å². The Morgan fingerprint density at radius 1 is 1.71 bits per heavy atom. The van der Waals surface area contributed by atoms with Crippen LogP contribution in [0.3, 0.4) is 0 Å². The third-order valence-electron chi connectivity index (χ3n) is 1.62. The first-order valence-corrected chi connectivity index (χ1v) is 4.51. The van der Waals surface area contributed by atoms with E-state index in [4.69, 9.17) is 5.11 Å². The van der Waals surface area contributed by atoms with E-state index in [1.807, 2.05) is 10.9 Å². The van der Waals surface area contributed by atoms with E-state index in [0.717, 1.165) is 18.2 Å². The molecule has 0 saturated carbocycles. The van der Waals surface area contributed by atoms with Crippen molar-refractivity contribution in [2.75, 3.05) is 0 Å². The summed E-state index contributed by atoms with van der Waals surface area (Å²) in [5.41, 5.74) is 0.813. The van der Waals surface area contributed by atoms with Crippen LogP contribution in [0.2, 0.25) is 0 Å². The van der Waals surface area contributed by atoms with Gasteiger partial charge >= 0.3 is 5.97 Å². The molecule has 1 heterocycles. The van der Waals surface area contributed by atoms with Gasteiger partial charge in [0.1, 0.15) is 0 Å². The molecule has 4 heteroatoms. The summed E-state index contributed by atoms with van der Waals surface area (Å²) in [5, 5.41) is 12.5. The van der Waals surface area contributed by atoms with Crippen LogP contribution >= 0.6 is 0 Å². The maximum atomic E-state index is 10.2. The van der Waals surface area contributed by atoms with E-state index >= 15 is 0 Å². The highest BCUT2D eigenvalue weighted by Gasteiger charge is 1.98. The molecule has 0 aromatic carbocycles. The van der Waals surface area contributed by atoms with Crippen molar-refractivity contribution in [3.63, 3.8) is 0 Å². The second-order valence-corrected chi connectivity index (χ2v) is 3.56. The van der Waals surface area contributed by atoms with Crippen molar-refractivity contribution in [2.24, 2.45) is 5.92 Å². The number of carboxylic acid groups (broad SMARTS) is 1. The number of carbonyl (C=O) groups is 1. The van der Waals surface area contributed by atoms with E-state index in [0.29, 0.717) is 5.92 Å². The second-order valence-electron chi connectivity index (χ2n) is 3.56. The predicted octanol–water partition coefficient (Wildman–Crippen LogP) is 1.64. The molecule has 1 N–H and O–H groups in total. The Kier molecular flexibility index (Phi) is 3.45. The summed E-state index contributed by atoms with van der Waals surface area (Å²) < 4.78 is 1.81. The molecule has 1 aromatic heterocycles. The Morgan fingerprint density at radius 3 is 3.00 bits per heavy atom. The highest BCUT2D eigenvalue weighted by Crippen LogP contribution is 2.03. The van der Waals surface area contributed by atoms with Gasteiger partial charge in [-0.3, -0.25) is 4.68 Å². The van der Waals surface area contributed by atoms with Crippen molar-refractivity contribution in [2.45, 2.75) is 20.4 Å². The summed E-state index contributed by atoms with van der Waals surface area (Å²) in [5.74, 6) is -0.409. The lowest BCUT2D eigenvalue weighted by Crippen LogP contribution is -2.03. The van der Waals surface area contributed by atoms with Crippen LogP contribution in [0.25, 0.3) is 6.08 Å². The zero-order valence-electron chi connectivity index (χ0n) is 8.34. The fraction of sp³-hybridized carbons (Fsp3) is 0.400. The molecule has 0 bridgehead atoms. The number of carboxylic acids is 1. The van der Waals surface area contributed by atoms with Crippen molar-refractivity contribution >= 4 is 12.0 Å². The first-order valence-electron chi connectivity index (χ1n) is 4.51. The van der Waals surface area contributed by atoms with E-state index < -0.39 is 5.97 Å². The minimum atomic E-state index is -0.943. The van der Waals surface area contributed by atoms with Crippen molar-refractivity contribution < 1.29 is 9.90 Å². The highest BCUT2D eigenvalue weighted by atomic mass is 16.4. The van der Waals surface area contributed by atoms with Gasteiger partial charge in [-0.15, -0.1) is 0 Å². The number of hydrogen-bond donors (Lipinski definition) is 1. The third kappa shape index (κ3) is 3.43. The van der Waals surface area contributed by atoms with E-state index in [9.17, 15) is 4.79 Å². The largest absolute Gasteiger partial charge is 0.478 e. The Morgan fingerprint density at radius 2 is 2.43 bits per heavy atom. The molecule has 0 unspecified atom stereocenters. The van der Waals surface area contributed by atoms with Gasteiger partial charge in [0.15, 0.2) is 0 Å². The number of aliphatic carboxylic acids is 1. The van der Waals surface area contributed by atoms with Gasteiger partial charge < -0.3 is 5.11 Å².